The van der Waals surface area contributed by atoms with Gasteiger partial charge in [0, 0.05) is 73.6 Å². The van der Waals surface area contributed by atoms with Crippen molar-refractivity contribution < 1.29 is 81.4 Å². The average Bonchev–Trinajstić information content (AvgIpc) is 2.50. The van der Waals surface area contributed by atoms with Gasteiger partial charge in [0.25, 0.3) is 0 Å². The molecule has 0 aliphatic carbocycles. The Labute approximate surface area is 199 Å². The maximum absolute atomic E-state index is 11.1. The third-order valence-corrected chi connectivity index (χ3v) is 3.13. The molecule has 2 unspecified atom stereocenters. The molecule has 0 bridgehead atoms. The summed E-state index contributed by atoms with van der Waals surface area (Å²) in [5.74, 6) is 0. The van der Waals surface area contributed by atoms with Crippen molar-refractivity contribution in [2.75, 3.05) is 10.6 Å². The van der Waals surface area contributed by atoms with E-state index in [0.29, 0.717) is 17.8 Å². The van der Waals surface area contributed by atoms with E-state index in [1.807, 2.05) is 33.7 Å². The molecule has 0 saturated heterocycles. The number of carbonyl (C=O) groups excluding carboxylic acids is 1. The second-order valence-electron chi connectivity index (χ2n) is 4.53. The SMILES string of the molecule is O=C(O)Nc1ccc(Cc2ccc(NC(=O)OP)cc2)cc1.P.[U].[U]. The maximum atomic E-state index is 11.1. The fourth-order valence-corrected chi connectivity index (χ4v) is 1.98. The predicted octanol–water partition coefficient (Wildman–Crippen LogP) is 3.76. The molecule has 0 aromatic heterocycles. The Balaban J connectivity index is 0. The topological polar surface area (TPSA) is 87.7 Å². The smallest absolute Gasteiger partial charge is 0.413 e. The molecular weight excluding hydrogens is 810 g/mol. The summed E-state index contributed by atoms with van der Waals surface area (Å²) in [6.45, 7) is 0. The summed E-state index contributed by atoms with van der Waals surface area (Å²) in [6.07, 6.45) is -0.916. The van der Waals surface area contributed by atoms with E-state index in [9.17, 15) is 9.59 Å². The van der Waals surface area contributed by atoms with Gasteiger partial charge in [0.2, 0.25) is 0 Å². The van der Waals surface area contributed by atoms with E-state index in [1.165, 1.54) is 0 Å². The number of amides is 2. The second-order valence-corrected chi connectivity index (χ2v) is 4.77. The minimum Gasteiger partial charge on any atom is -0.465 e. The van der Waals surface area contributed by atoms with Crippen LogP contribution in [0.4, 0.5) is 21.0 Å². The van der Waals surface area contributed by atoms with Crippen molar-refractivity contribution in [2.24, 2.45) is 0 Å². The fraction of sp³-hybridized carbons (Fsp3) is 0.0667. The number of carbonyl (C=O) groups is 2. The second kappa shape index (κ2) is 14.1. The van der Waals surface area contributed by atoms with E-state index >= 15 is 0 Å². The number of nitrogens with one attached hydrogen (secondary N) is 2. The molecule has 0 saturated carbocycles. The fourth-order valence-electron chi connectivity index (χ4n) is 1.92. The first-order valence-electron chi connectivity index (χ1n) is 6.42. The molecule has 2 amide bonds. The summed E-state index contributed by atoms with van der Waals surface area (Å²) in [5.41, 5.74) is 3.31. The normalized spacial score (nSPS) is 8.68. The van der Waals surface area contributed by atoms with E-state index in [-0.39, 0.29) is 72.1 Å². The molecule has 3 N–H and O–H groups in total. The van der Waals surface area contributed by atoms with Gasteiger partial charge in [0.05, 0.1) is 9.47 Å². The summed E-state index contributed by atoms with van der Waals surface area (Å²) in [7, 11) is 1.88. The Morgan fingerprint density at radius 2 is 1.28 bits per heavy atom. The summed E-state index contributed by atoms with van der Waals surface area (Å²) < 4.78 is 4.44. The van der Waals surface area contributed by atoms with Crippen LogP contribution < -0.4 is 10.6 Å². The zero-order valence-corrected chi connectivity index (χ0v) is 24.2. The first-order valence-corrected chi connectivity index (χ1v) is 6.89. The van der Waals surface area contributed by atoms with Gasteiger partial charge in [-0.05, 0) is 41.8 Å². The summed E-state index contributed by atoms with van der Waals surface area (Å²) >= 11 is 0. The van der Waals surface area contributed by atoms with Gasteiger partial charge in [-0.2, -0.15) is 9.90 Å². The van der Waals surface area contributed by atoms with Crippen molar-refractivity contribution in [1.82, 2.24) is 0 Å². The molecule has 2 aromatic rings. The number of benzene rings is 2. The third kappa shape index (κ3) is 10.0. The van der Waals surface area contributed by atoms with E-state index in [1.54, 1.807) is 24.3 Å². The maximum Gasteiger partial charge on any atom is 0.413 e. The van der Waals surface area contributed by atoms with Crippen LogP contribution in [-0.2, 0) is 10.9 Å². The standard InChI is InChI=1S/C15H15N2O4P.H3P.2U/c18-14(19)16-12-5-1-10(2-6-12)9-11-3-7-13(8-4-11)17-15(20)21-22;;;/h1-8,16H,9,22H2,(H,17,20)(H,18,19);1H3;;. The molecule has 0 heterocycles. The zero-order chi connectivity index (χ0) is 15.9. The average molecular weight is 828 g/mol. The number of rotatable bonds is 4. The Hall–Kier alpha value is -0.0561. The van der Waals surface area contributed by atoms with Gasteiger partial charge in [-0.3, -0.25) is 10.6 Å². The van der Waals surface area contributed by atoms with E-state index in [2.05, 4.69) is 15.2 Å². The predicted molar refractivity (Wildman–Crippen MR) is 98.3 cm³/mol. The van der Waals surface area contributed by atoms with Crippen LogP contribution in [0.25, 0.3) is 0 Å². The van der Waals surface area contributed by atoms with Crippen LogP contribution in [0.3, 0.4) is 0 Å². The molecule has 10 heteroatoms. The zero-order valence-electron chi connectivity index (χ0n) is 13.3. The van der Waals surface area contributed by atoms with Crippen LogP contribution in [0.5, 0.6) is 0 Å². The number of carboxylic acid groups (broad SMARTS) is 1. The van der Waals surface area contributed by atoms with Gasteiger partial charge in [-0.25, -0.2) is 9.59 Å². The molecule has 2 aromatic carbocycles. The Bertz CT molecular complexity index is 670. The summed E-state index contributed by atoms with van der Waals surface area (Å²) in [5, 5.41) is 13.5. The summed E-state index contributed by atoms with van der Waals surface area (Å²) in [4.78, 5) is 21.6. The quantitative estimate of drug-likeness (QED) is 0.411. The minimum atomic E-state index is -1.08. The van der Waals surface area contributed by atoms with Gasteiger partial charge in [-0.1, -0.05) is 24.3 Å². The van der Waals surface area contributed by atoms with E-state index < -0.39 is 12.2 Å². The molecule has 0 spiro atoms. The Morgan fingerprint density at radius 1 is 0.880 bits per heavy atom. The number of anilines is 2. The van der Waals surface area contributed by atoms with Crippen LogP contribution in [-0.4, -0.2) is 17.3 Å². The monoisotopic (exact) mass is 828 g/mol. The van der Waals surface area contributed by atoms with Gasteiger partial charge in [0.1, 0.15) is 0 Å². The number of hydrogen-bond acceptors (Lipinski definition) is 3. The van der Waals surface area contributed by atoms with Crippen molar-refractivity contribution in [3.63, 3.8) is 0 Å². The van der Waals surface area contributed by atoms with Crippen molar-refractivity contribution in [3.8, 4) is 0 Å². The molecule has 0 aliphatic rings. The van der Waals surface area contributed by atoms with Gasteiger partial charge in [0.15, 0.2) is 0 Å². The van der Waals surface area contributed by atoms with Crippen molar-refractivity contribution in [1.29, 1.82) is 0 Å². The molecule has 0 fully saturated rings. The van der Waals surface area contributed by atoms with Crippen LogP contribution in [0.1, 0.15) is 11.1 Å². The Kier molecular flexibility index (Phi) is 15.3. The molecule has 2 rings (SSSR count). The largest absolute Gasteiger partial charge is 0.465 e. The van der Waals surface area contributed by atoms with Crippen molar-refractivity contribution >= 4 is 42.9 Å². The molecule has 25 heavy (non-hydrogen) atoms. The van der Waals surface area contributed by atoms with Crippen LogP contribution >= 0.6 is 19.4 Å². The molecule has 0 aliphatic heterocycles. The van der Waals surface area contributed by atoms with Crippen LogP contribution in [0, 0.1) is 62.2 Å². The minimum absolute atomic E-state index is 0. The van der Waals surface area contributed by atoms with Crippen molar-refractivity contribution in [3.05, 3.63) is 59.7 Å². The molecule has 6 nitrogen and oxygen atoms in total. The van der Waals surface area contributed by atoms with Crippen LogP contribution in [0.15, 0.2) is 48.5 Å². The van der Waals surface area contributed by atoms with E-state index in [0.717, 1.165) is 11.1 Å². The third-order valence-electron chi connectivity index (χ3n) is 2.92. The van der Waals surface area contributed by atoms with Gasteiger partial charge >= 0.3 is 12.2 Å². The number of hydrogen-bond donors (Lipinski definition) is 3. The molecule has 0 radical (unpaired) electrons. The molecule has 130 valence electrons. The summed E-state index contributed by atoms with van der Waals surface area (Å²) in [6, 6.07) is 14.5. The molecule has 2 atom stereocenters. The molecular formula is C15H18N2O4P2U2. The van der Waals surface area contributed by atoms with E-state index in [4.69, 9.17) is 5.11 Å². The van der Waals surface area contributed by atoms with Crippen LogP contribution in [0.2, 0.25) is 0 Å². The first-order chi connectivity index (χ1) is 10.6. The Morgan fingerprint density at radius 3 is 1.64 bits per heavy atom. The first kappa shape index (κ1) is 27.2. The van der Waals surface area contributed by atoms with Crippen molar-refractivity contribution in [2.45, 2.75) is 6.42 Å². The van der Waals surface area contributed by atoms with Gasteiger partial charge in [-0.15, -0.1) is 0 Å². The van der Waals surface area contributed by atoms with Gasteiger partial charge < -0.3 is 9.63 Å².